The van der Waals surface area contributed by atoms with Crippen LogP contribution >= 0.6 is 11.3 Å². The number of hydrogen-bond donors (Lipinski definition) is 1. The van der Waals surface area contributed by atoms with Crippen LogP contribution in [0.25, 0.3) is 0 Å². The minimum atomic E-state index is -3.62. The molecule has 0 fully saturated rings. The third-order valence-corrected chi connectivity index (χ3v) is 7.88. The van der Waals surface area contributed by atoms with Crippen LogP contribution in [0.4, 0.5) is 0 Å². The average molecular weight is 424 g/mol. The van der Waals surface area contributed by atoms with Gasteiger partial charge in [0, 0.05) is 19.6 Å². The predicted molar refractivity (Wildman–Crippen MR) is 114 cm³/mol. The zero-order valence-corrected chi connectivity index (χ0v) is 18.3. The Morgan fingerprint density at radius 1 is 1.11 bits per heavy atom. The Hall–Kier alpha value is -1.74. The Morgan fingerprint density at radius 3 is 2.36 bits per heavy atom. The first-order valence-corrected chi connectivity index (χ1v) is 11.7. The molecule has 1 N–H and O–H groups in total. The lowest BCUT2D eigenvalue weighted by atomic mass is 10.0. The highest BCUT2D eigenvalue weighted by Gasteiger charge is 2.24. The van der Waals surface area contributed by atoms with Gasteiger partial charge in [0.2, 0.25) is 5.91 Å². The number of benzene rings is 1. The number of thiophene rings is 1. The van der Waals surface area contributed by atoms with Gasteiger partial charge in [-0.2, -0.15) is 4.31 Å². The molecule has 0 saturated carbocycles. The summed E-state index contributed by atoms with van der Waals surface area (Å²) in [6.45, 7) is 6.25. The third kappa shape index (κ3) is 6.13. The monoisotopic (exact) mass is 423 g/mol. The Kier molecular flexibility index (Phi) is 8.62. The smallest absolute Gasteiger partial charge is 0.252 e. The molecule has 0 bridgehead atoms. The van der Waals surface area contributed by atoms with E-state index in [0.29, 0.717) is 6.54 Å². The Bertz CT molecular complexity index is 820. The highest BCUT2D eigenvalue weighted by atomic mass is 32.2. The van der Waals surface area contributed by atoms with Gasteiger partial charge in [-0.1, -0.05) is 50.2 Å². The second kappa shape index (κ2) is 10.7. The van der Waals surface area contributed by atoms with E-state index in [0.717, 1.165) is 35.2 Å². The van der Waals surface area contributed by atoms with Crippen LogP contribution in [0.3, 0.4) is 0 Å². The molecule has 154 valence electrons. The first-order chi connectivity index (χ1) is 13.4. The van der Waals surface area contributed by atoms with Gasteiger partial charge >= 0.3 is 0 Å². The van der Waals surface area contributed by atoms with Crippen molar-refractivity contribution in [3.05, 3.63) is 53.4 Å². The summed E-state index contributed by atoms with van der Waals surface area (Å²) in [6, 6.07) is 13.6. The standard InChI is InChI=1S/C20H29N3O3S2/c1-4-23(5-2)18(14-17-10-7-6-8-11-17)15-21-19(24)16-22(3)28(25,26)20-12-9-13-27-20/h6-13,18H,4-5,14-16H2,1-3H3,(H,21,24). The van der Waals surface area contributed by atoms with Crippen LogP contribution in [0.5, 0.6) is 0 Å². The fraction of sp³-hybridized carbons (Fsp3) is 0.450. The van der Waals surface area contributed by atoms with Gasteiger partial charge in [-0.3, -0.25) is 9.69 Å². The van der Waals surface area contributed by atoms with Crippen molar-refractivity contribution in [3.8, 4) is 0 Å². The van der Waals surface area contributed by atoms with Gasteiger partial charge in [0.1, 0.15) is 4.21 Å². The fourth-order valence-corrected chi connectivity index (χ4v) is 5.42. The van der Waals surface area contributed by atoms with Crippen LogP contribution in [0.15, 0.2) is 52.1 Å². The predicted octanol–water partition coefficient (Wildman–Crippen LogP) is 2.44. The number of carbonyl (C=O) groups excluding carboxylic acids is 1. The maximum absolute atomic E-state index is 12.5. The molecule has 1 heterocycles. The molecular formula is C20H29N3O3S2. The lowest BCUT2D eigenvalue weighted by Gasteiger charge is -2.30. The van der Waals surface area contributed by atoms with Crippen molar-refractivity contribution in [3.63, 3.8) is 0 Å². The van der Waals surface area contributed by atoms with Gasteiger partial charge in [-0.25, -0.2) is 8.42 Å². The van der Waals surface area contributed by atoms with E-state index in [1.807, 2.05) is 18.2 Å². The largest absolute Gasteiger partial charge is 0.353 e. The summed E-state index contributed by atoms with van der Waals surface area (Å²) < 4.78 is 26.3. The molecule has 0 radical (unpaired) electrons. The average Bonchev–Trinajstić information content (AvgIpc) is 3.23. The van der Waals surface area contributed by atoms with Crippen molar-refractivity contribution < 1.29 is 13.2 Å². The van der Waals surface area contributed by atoms with Crippen molar-refractivity contribution in [1.82, 2.24) is 14.5 Å². The normalized spacial score (nSPS) is 13.0. The number of rotatable bonds is 11. The minimum Gasteiger partial charge on any atom is -0.353 e. The number of hydrogen-bond acceptors (Lipinski definition) is 5. The van der Waals surface area contributed by atoms with E-state index in [2.05, 4.69) is 36.2 Å². The molecule has 8 heteroatoms. The molecule has 1 atom stereocenters. The lowest BCUT2D eigenvalue weighted by molar-refractivity contribution is -0.121. The van der Waals surface area contributed by atoms with Gasteiger partial charge in [-0.05, 0) is 36.5 Å². The fourth-order valence-electron chi connectivity index (χ4n) is 3.10. The summed E-state index contributed by atoms with van der Waals surface area (Å²) in [5.74, 6) is -0.298. The van der Waals surface area contributed by atoms with Crippen LogP contribution < -0.4 is 5.32 Å². The number of nitrogens with one attached hydrogen (secondary N) is 1. The first kappa shape index (κ1) is 22.5. The maximum Gasteiger partial charge on any atom is 0.252 e. The molecule has 2 aromatic rings. The maximum atomic E-state index is 12.5. The Balaban J connectivity index is 1.96. The molecular weight excluding hydrogens is 394 g/mol. The van der Waals surface area contributed by atoms with Gasteiger partial charge in [0.05, 0.1) is 6.54 Å². The Morgan fingerprint density at radius 2 is 1.79 bits per heavy atom. The van der Waals surface area contributed by atoms with E-state index >= 15 is 0 Å². The number of likely N-dealkylation sites (N-methyl/N-ethyl adjacent to an activating group) is 2. The summed E-state index contributed by atoms with van der Waals surface area (Å²) in [6.07, 6.45) is 0.826. The third-order valence-electron chi connectivity index (χ3n) is 4.70. The van der Waals surface area contributed by atoms with Gasteiger partial charge in [-0.15, -0.1) is 11.3 Å². The molecule has 1 unspecified atom stereocenters. The van der Waals surface area contributed by atoms with Crippen LogP contribution in [0.1, 0.15) is 19.4 Å². The van der Waals surface area contributed by atoms with E-state index in [-0.39, 0.29) is 22.7 Å². The first-order valence-electron chi connectivity index (χ1n) is 9.43. The van der Waals surface area contributed by atoms with Crippen LogP contribution in [0, 0.1) is 0 Å². The number of nitrogens with zero attached hydrogens (tertiary/aromatic N) is 2. The molecule has 0 aliphatic carbocycles. The summed E-state index contributed by atoms with van der Waals surface area (Å²) in [4.78, 5) is 14.7. The second-order valence-electron chi connectivity index (χ2n) is 6.56. The molecule has 6 nitrogen and oxygen atoms in total. The van der Waals surface area contributed by atoms with Crippen molar-refractivity contribution in [2.75, 3.05) is 33.2 Å². The van der Waals surface area contributed by atoms with Crippen LogP contribution in [-0.4, -0.2) is 62.8 Å². The van der Waals surface area contributed by atoms with Gasteiger partial charge in [0.15, 0.2) is 0 Å². The summed E-state index contributed by atoms with van der Waals surface area (Å²) in [5.41, 5.74) is 1.21. The van der Waals surface area contributed by atoms with Crippen molar-refractivity contribution in [2.45, 2.75) is 30.5 Å². The highest BCUT2D eigenvalue weighted by Crippen LogP contribution is 2.19. The van der Waals surface area contributed by atoms with Gasteiger partial charge in [0.25, 0.3) is 10.0 Å². The topological polar surface area (TPSA) is 69.7 Å². The zero-order valence-electron chi connectivity index (χ0n) is 16.7. The van der Waals surface area contributed by atoms with Crippen molar-refractivity contribution >= 4 is 27.3 Å². The summed E-state index contributed by atoms with van der Waals surface area (Å²) in [7, 11) is -2.19. The summed E-state index contributed by atoms with van der Waals surface area (Å²) in [5, 5.41) is 4.62. The van der Waals surface area contributed by atoms with E-state index in [9.17, 15) is 13.2 Å². The Labute approximate surface area is 172 Å². The van der Waals surface area contributed by atoms with Crippen LogP contribution in [0.2, 0.25) is 0 Å². The number of sulfonamides is 1. The van der Waals surface area contributed by atoms with E-state index in [1.54, 1.807) is 17.5 Å². The minimum absolute atomic E-state index is 0.153. The highest BCUT2D eigenvalue weighted by molar-refractivity contribution is 7.91. The number of amides is 1. The molecule has 0 saturated heterocycles. The molecule has 1 aromatic carbocycles. The van der Waals surface area contributed by atoms with Gasteiger partial charge < -0.3 is 5.32 Å². The molecule has 1 amide bonds. The second-order valence-corrected chi connectivity index (χ2v) is 9.78. The molecule has 0 aliphatic heterocycles. The van der Waals surface area contributed by atoms with E-state index < -0.39 is 10.0 Å². The zero-order chi connectivity index (χ0) is 20.6. The van der Waals surface area contributed by atoms with Crippen molar-refractivity contribution in [2.24, 2.45) is 0 Å². The van der Waals surface area contributed by atoms with Crippen LogP contribution in [-0.2, 0) is 21.2 Å². The SMILES string of the molecule is CCN(CC)C(CNC(=O)CN(C)S(=O)(=O)c1cccs1)Cc1ccccc1. The summed E-state index contributed by atoms with van der Waals surface area (Å²) >= 11 is 1.15. The lowest BCUT2D eigenvalue weighted by Crippen LogP contribution is -2.47. The number of carbonyl (C=O) groups is 1. The molecule has 2 rings (SSSR count). The van der Waals surface area contributed by atoms with E-state index in [4.69, 9.17) is 0 Å². The molecule has 0 spiro atoms. The molecule has 28 heavy (non-hydrogen) atoms. The molecule has 1 aromatic heterocycles. The quantitative estimate of drug-likeness (QED) is 0.603. The van der Waals surface area contributed by atoms with Crippen molar-refractivity contribution in [1.29, 1.82) is 0 Å². The van der Waals surface area contributed by atoms with E-state index in [1.165, 1.54) is 12.6 Å². The molecule has 0 aliphatic rings.